The van der Waals surface area contributed by atoms with Crippen LogP contribution in [-0.4, -0.2) is 5.75 Å². The molecule has 0 aliphatic rings. The Morgan fingerprint density at radius 1 is 0.765 bits per heavy atom. The smallest absolute Gasteiger partial charge is 0.144 e. The van der Waals surface area contributed by atoms with Gasteiger partial charge in [0.05, 0.1) is 0 Å². The molecule has 0 rings (SSSR count). The molecule has 0 heterocycles. The highest BCUT2D eigenvalue weighted by atomic mass is 33.1. The average molecular weight is 274 g/mol. The van der Waals surface area contributed by atoms with E-state index in [4.69, 9.17) is 5.26 Å². The number of rotatable bonds is 13. The second-order valence-corrected chi connectivity index (χ2v) is 6.73. The van der Waals surface area contributed by atoms with Crippen LogP contribution in [-0.2, 0) is 0 Å². The number of hydrogen-bond acceptors (Lipinski definition) is 3. The summed E-state index contributed by atoms with van der Waals surface area (Å²) >= 11 is 0. The van der Waals surface area contributed by atoms with Crippen molar-refractivity contribution in [3.8, 4) is 5.40 Å². The van der Waals surface area contributed by atoms with Gasteiger partial charge in [0, 0.05) is 16.5 Å². The van der Waals surface area contributed by atoms with Crippen molar-refractivity contribution in [3.05, 3.63) is 0 Å². The van der Waals surface area contributed by atoms with Crippen molar-refractivity contribution in [2.75, 3.05) is 5.75 Å². The third-order valence-corrected chi connectivity index (χ3v) is 4.65. The van der Waals surface area contributed by atoms with E-state index in [0.717, 1.165) is 5.75 Å². The maximum atomic E-state index is 8.34. The van der Waals surface area contributed by atoms with Gasteiger partial charge in [-0.2, -0.15) is 5.26 Å². The second-order valence-electron chi connectivity index (χ2n) is 4.53. The molecular weight excluding hydrogens is 246 g/mol. The molecule has 1 nitrogen and oxygen atoms in total. The van der Waals surface area contributed by atoms with Crippen LogP contribution in [0.25, 0.3) is 0 Å². The summed E-state index contributed by atoms with van der Waals surface area (Å²) in [6.07, 6.45) is 15.3. The molecule has 0 spiro atoms. The van der Waals surface area contributed by atoms with Crippen LogP contribution in [0.3, 0.4) is 0 Å². The van der Waals surface area contributed by atoms with E-state index in [9.17, 15) is 0 Å². The molecule has 0 amide bonds. The highest BCUT2D eigenvalue weighted by Gasteiger charge is 1.93. The summed E-state index contributed by atoms with van der Waals surface area (Å²) in [4.78, 5) is 0. The predicted octanol–water partition coefficient (Wildman–Crippen LogP) is 6.16. The lowest BCUT2D eigenvalue weighted by atomic mass is 10.1. The van der Waals surface area contributed by atoms with Crippen LogP contribution in [0.15, 0.2) is 0 Å². The van der Waals surface area contributed by atoms with Crippen LogP contribution < -0.4 is 0 Å². The van der Waals surface area contributed by atoms with Gasteiger partial charge in [0.2, 0.25) is 0 Å². The molecule has 0 N–H and O–H groups in total. The number of hydrogen-bond donors (Lipinski definition) is 0. The van der Waals surface area contributed by atoms with E-state index < -0.39 is 0 Å². The molecule has 0 bridgehead atoms. The molecule has 0 atom stereocenters. The number of nitriles is 1. The van der Waals surface area contributed by atoms with E-state index in [1.54, 1.807) is 10.8 Å². The standard InChI is InChI=1S/C14H27NS2/c1-2-3-4-5-6-7-8-9-10-11-12-13-16-17-14-15/h2-13H2,1H3. The molecule has 0 fully saturated rings. The van der Waals surface area contributed by atoms with Crippen molar-refractivity contribution in [2.24, 2.45) is 0 Å². The minimum Gasteiger partial charge on any atom is -0.184 e. The molecule has 0 aromatic rings. The molecule has 0 aromatic heterocycles. The van der Waals surface area contributed by atoms with Gasteiger partial charge in [0.1, 0.15) is 5.40 Å². The molecular formula is C14H27NS2. The Bertz CT molecular complexity index is 178. The second kappa shape index (κ2) is 16.2. The van der Waals surface area contributed by atoms with Crippen LogP contribution in [0.1, 0.15) is 77.6 Å². The minimum absolute atomic E-state index is 1.13. The van der Waals surface area contributed by atoms with Crippen molar-refractivity contribution in [1.82, 2.24) is 0 Å². The van der Waals surface area contributed by atoms with Crippen molar-refractivity contribution in [3.63, 3.8) is 0 Å². The molecule has 0 radical (unpaired) electrons. The molecule has 0 unspecified atom stereocenters. The quantitative estimate of drug-likeness (QED) is 0.228. The van der Waals surface area contributed by atoms with Gasteiger partial charge < -0.3 is 0 Å². The van der Waals surface area contributed by atoms with Crippen LogP contribution >= 0.6 is 21.6 Å². The van der Waals surface area contributed by atoms with E-state index in [-0.39, 0.29) is 0 Å². The normalized spacial score (nSPS) is 10.4. The van der Waals surface area contributed by atoms with Gasteiger partial charge in [0.15, 0.2) is 0 Å². The lowest BCUT2D eigenvalue weighted by Gasteiger charge is -2.01. The zero-order valence-corrected chi connectivity index (χ0v) is 12.9. The van der Waals surface area contributed by atoms with Gasteiger partial charge in [-0.1, -0.05) is 81.9 Å². The average Bonchev–Trinajstić information content (AvgIpc) is 2.35. The Hall–Kier alpha value is 0.190. The molecule has 0 saturated carbocycles. The Balaban J connectivity index is 2.87. The summed E-state index contributed by atoms with van der Waals surface area (Å²) < 4.78 is 0. The van der Waals surface area contributed by atoms with Crippen LogP contribution in [0, 0.1) is 10.7 Å². The first-order valence-corrected chi connectivity index (χ1v) is 9.41. The fourth-order valence-electron chi connectivity index (χ4n) is 1.89. The highest BCUT2D eigenvalue weighted by molar-refractivity contribution is 8.78. The highest BCUT2D eigenvalue weighted by Crippen LogP contribution is 2.21. The SMILES string of the molecule is CCCCCCCCCCCCCSSC#N. The third-order valence-electron chi connectivity index (χ3n) is 2.93. The number of nitrogens with zero attached hydrogens (tertiary/aromatic N) is 1. The van der Waals surface area contributed by atoms with Crippen LogP contribution in [0.2, 0.25) is 0 Å². The summed E-state index contributed by atoms with van der Waals surface area (Å²) in [6, 6.07) is 0. The first kappa shape index (κ1) is 17.2. The minimum atomic E-state index is 1.13. The Morgan fingerprint density at radius 2 is 1.24 bits per heavy atom. The van der Waals surface area contributed by atoms with Crippen molar-refractivity contribution < 1.29 is 0 Å². The summed E-state index contributed by atoms with van der Waals surface area (Å²) in [5, 5.41) is 10.4. The Morgan fingerprint density at radius 3 is 1.71 bits per heavy atom. The fraction of sp³-hybridized carbons (Fsp3) is 0.929. The van der Waals surface area contributed by atoms with Gasteiger partial charge in [-0.3, -0.25) is 0 Å². The van der Waals surface area contributed by atoms with E-state index in [0.29, 0.717) is 0 Å². The lowest BCUT2D eigenvalue weighted by molar-refractivity contribution is 0.555. The van der Waals surface area contributed by atoms with Crippen molar-refractivity contribution in [2.45, 2.75) is 77.6 Å². The topological polar surface area (TPSA) is 23.8 Å². The molecule has 0 aliphatic carbocycles. The number of unbranched alkanes of at least 4 members (excludes halogenated alkanes) is 10. The summed E-state index contributed by atoms with van der Waals surface area (Å²) in [5.41, 5.74) is 0. The lowest BCUT2D eigenvalue weighted by Crippen LogP contribution is -1.83. The monoisotopic (exact) mass is 273 g/mol. The van der Waals surface area contributed by atoms with Gasteiger partial charge in [0.25, 0.3) is 0 Å². The maximum absolute atomic E-state index is 8.34. The fourth-order valence-corrected chi connectivity index (χ4v) is 3.11. The van der Waals surface area contributed by atoms with Gasteiger partial charge in [-0.25, -0.2) is 0 Å². The van der Waals surface area contributed by atoms with Crippen LogP contribution in [0.5, 0.6) is 0 Å². The predicted molar refractivity (Wildman–Crippen MR) is 82.1 cm³/mol. The maximum Gasteiger partial charge on any atom is 0.144 e. The molecule has 0 aromatic carbocycles. The first-order chi connectivity index (χ1) is 8.41. The van der Waals surface area contributed by atoms with E-state index in [1.165, 1.54) is 81.4 Å². The Labute approximate surface area is 116 Å². The number of thiocyanates is 1. The van der Waals surface area contributed by atoms with E-state index in [2.05, 4.69) is 12.3 Å². The molecule has 3 heteroatoms. The summed E-state index contributed by atoms with van der Waals surface area (Å²) in [5.74, 6) is 1.13. The zero-order valence-electron chi connectivity index (χ0n) is 11.2. The third kappa shape index (κ3) is 16.2. The zero-order chi connectivity index (χ0) is 12.6. The first-order valence-electron chi connectivity index (χ1n) is 7.09. The van der Waals surface area contributed by atoms with E-state index >= 15 is 0 Å². The van der Waals surface area contributed by atoms with Crippen LogP contribution in [0.4, 0.5) is 0 Å². The van der Waals surface area contributed by atoms with E-state index in [1.807, 2.05) is 0 Å². The van der Waals surface area contributed by atoms with Gasteiger partial charge in [-0.05, 0) is 6.42 Å². The van der Waals surface area contributed by atoms with Crippen molar-refractivity contribution in [1.29, 1.82) is 5.26 Å². The Kier molecular flexibility index (Phi) is 16.4. The van der Waals surface area contributed by atoms with Gasteiger partial charge in [-0.15, -0.1) is 0 Å². The molecule has 0 saturated heterocycles. The molecule has 17 heavy (non-hydrogen) atoms. The molecule has 0 aliphatic heterocycles. The molecule has 100 valence electrons. The van der Waals surface area contributed by atoms with Gasteiger partial charge >= 0.3 is 0 Å². The van der Waals surface area contributed by atoms with Crippen molar-refractivity contribution >= 4 is 21.6 Å². The summed E-state index contributed by atoms with van der Waals surface area (Å²) in [7, 11) is 3.00. The summed E-state index contributed by atoms with van der Waals surface area (Å²) in [6.45, 7) is 2.27. The largest absolute Gasteiger partial charge is 0.184 e.